The van der Waals surface area contributed by atoms with Crippen molar-refractivity contribution in [3.63, 3.8) is 0 Å². The highest BCUT2D eigenvalue weighted by molar-refractivity contribution is 7.89. The summed E-state index contributed by atoms with van der Waals surface area (Å²) in [6.45, 7) is 3.96. The van der Waals surface area contributed by atoms with Crippen LogP contribution in [0.2, 0.25) is 0 Å². The van der Waals surface area contributed by atoms with Crippen molar-refractivity contribution in [1.82, 2.24) is 19.3 Å². The Hall–Kier alpha value is -2.75. The van der Waals surface area contributed by atoms with E-state index in [9.17, 15) is 8.42 Å². The van der Waals surface area contributed by atoms with E-state index in [1.165, 1.54) is 11.3 Å². The summed E-state index contributed by atoms with van der Waals surface area (Å²) < 4.78 is 35.0. The molecule has 4 rings (SSSR count). The molecule has 0 bridgehead atoms. The number of nitrogens with zero attached hydrogens (tertiary/aromatic N) is 3. The van der Waals surface area contributed by atoms with E-state index in [0.717, 1.165) is 33.1 Å². The molecule has 0 atom stereocenters. The fraction of sp³-hybridized carbons (Fsp3) is 0.238. The molecule has 2 aromatic heterocycles. The number of thiazole rings is 1. The van der Waals surface area contributed by atoms with Gasteiger partial charge in [0.2, 0.25) is 15.0 Å². The highest BCUT2D eigenvalue weighted by Crippen LogP contribution is 2.23. The van der Waals surface area contributed by atoms with E-state index in [-0.39, 0.29) is 6.54 Å². The standard InChI is InChI=1S/C21H22N4O3S2/c1-14-4-5-15(2)19(12-14)30(26,27)22-11-10-17-13-29-21-23-20(24-25(17)21)16-6-8-18(28-3)9-7-16/h4-9,12-13,22H,10-11H2,1-3H3. The normalized spacial score (nSPS) is 11.8. The topological polar surface area (TPSA) is 85.6 Å². The van der Waals surface area contributed by atoms with Crippen LogP contribution in [0, 0.1) is 13.8 Å². The van der Waals surface area contributed by atoms with Crippen LogP contribution < -0.4 is 9.46 Å². The van der Waals surface area contributed by atoms with Crippen LogP contribution >= 0.6 is 11.3 Å². The Bertz CT molecular complexity index is 1290. The predicted octanol–water partition coefficient (Wildman–Crippen LogP) is 3.60. The third kappa shape index (κ3) is 4.09. The van der Waals surface area contributed by atoms with Crippen LogP contribution in [0.25, 0.3) is 16.3 Å². The number of hydrogen-bond donors (Lipinski definition) is 1. The van der Waals surface area contributed by atoms with Crippen molar-refractivity contribution in [3.05, 3.63) is 64.7 Å². The number of hydrogen-bond acceptors (Lipinski definition) is 6. The third-order valence-corrected chi connectivity index (χ3v) is 7.27. The van der Waals surface area contributed by atoms with Gasteiger partial charge in [-0.05, 0) is 55.3 Å². The molecule has 0 aliphatic rings. The summed E-state index contributed by atoms with van der Waals surface area (Å²) in [6.07, 6.45) is 0.509. The van der Waals surface area contributed by atoms with Crippen LogP contribution in [0.3, 0.4) is 0 Å². The van der Waals surface area contributed by atoms with Crippen LogP contribution in [-0.4, -0.2) is 36.7 Å². The molecule has 0 spiro atoms. The zero-order valence-electron chi connectivity index (χ0n) is 16.9. The van der Waals surface area contributed by atoms with E-state index < -0.39 is 10.0 Å². The van der Waals surface area contributed by atoms with Crippen LogP contribution in [0.5, 0.6) is 5.75 Å². The lowest BCUT2D eigenvalue weighted by molar-refractivity contribution is 0.415. The summed E-state index contributed by atoms with van der Waals surface area (Å²) in [6, 6.07) is 13.0. The zero-order chi connectivity index (χ0) is 21.3. The Labute approximate surface area is 179 Å². The minimum absolute atomic E-state index is 0.277. The first kappa shape index (κ1) is 20.5. The van der Waals surface area contributed by atoms with Crippen molar-refractivity contribution in [2.24, 2.45) is 0 Å². The molecule has 2 aromatic carbocycles. The SMILES string of the molecule is COc1ccc(-c2nc3scc(CCNS(=O)(=O)c4cc(C)ccc4C)n3n2)cc1. The number of sulfonamides is 1. The summed E-state index contributed by atoms with van der Waals surface area (Å²) in [5, 5.41) is 6.55. The smallest absolute Gasteiger partial charge is 0.240 e. The first-order valence-corrected chi connectivity index (χ1v) is 11.8. The molecule has 0 saturated carbocycles. The minimum atomic E-state index is -3.57. The van der Waals surface area contributed by atoms with Crippen LogP contribution in [-0.2, 0) is 16.4 Å². The maximum Gasteiger partial charge on any atom is 0.240 e. The van der Waals surface area contributed by atoms with Gasteiger partial charge in [-0.3, -0.25) is 0 Å². The fourth-order valence-electron chi connectivity index (χ4n) is 3.15. The molecule has 0 radical (unpaired) electrons. The van der Waals surface area contributed by atoms with Gasteiger partial charge in [-0.2, -0.15) is 4.98 Å². The van der Waals surface area contributed by atoms with Crippen molar-refractivity contribution >= 4 is 26.3 Å². The molecule has 0 aliphatic carbocycles. The van der Waals surface area contributed by atoms with Gasteiger partial charge in [-0.15, -0.1) is 16.4 Å². The van der Waals surface area contributed by atoms with E-state index in [2.05, 4.69) is 14.8 Å². The molecule has 0 unspecified atom stereocenters. The fourth-order valence-corrected chi connectivity index (χ4v) is 5.36. The van der Waals surface area contributed by atoms with Crippen molar-refractivity contribution in [2.45, 2.75) is 25.2 Å². The average molecular weight is 443 g/mol. The second kappa shape index (κ2) is 8.17. The summed E-state index contributed by atoms with van der Waals surface area (Å²) >= 11 is 1.48. The van der Waals surface area contributed by atoms with Gasteiger partial charge in [0.05, 0.1) is 17.7 Å². The molecule has 0 amide bonds. The molecule has 0 saturated heterocycles. The second-order valence-electron chi connectivity index (χ2n) is 7.00. The highest BCUT2D eigenvalue weighted by Gasteiger charge is 2.17. The van der Waals surface area contributed by atoms with Gasteiger partial charge < -0.3 is 4.74 Å². The summed E-state index contributed by atoms with van der Waals surface area (Å²) in [5.41, 5.74) is 3.44. The van der Waals surface area contributed by atoms with Crippen molar-refractivity contribution < 1.29 is 13.2 Å². The highest BCUT2D eigenvalue weighted by atomic mass is 32.2. The molecule has 1 N–H and O–H groups in total. The largest absolute Gasteiger partial charge is 0.497 e. The van der Waals surface area contributed by atoms with E-state index >= 15 is 0 Å². The Kier molecular flexibility index (Phi) is 5.59. The number of rotatable bonds is 7. The number of aromatic nitrogens is 3. The maximum absolute atomic E-state index is 12.7. The molecule has 156 valence electrons. The average Bonchev–Trinajstić information content (AvgIpc) is 3.31. The van der Waals surface area contributed by atoms with Crippen LogP contribution in [0.15, 0.2) is 52.7 Å². The molecule has 2 heterocycles. The monoisotopic (exact) mass is 442 g/mol. The van der Waals surface area contributed by atoms with Gasteiger partial charge in [-0.25, -0.2) is 17.7 Å². The Morgan fingerprint density at radius 3 is 2.63 bits per heavy atom. The van der Waals surface area contributed by atoms with E-state index in [1.807, 2.05) is 48.7 Å². The minimum Gasteiger partial charge on any atom is -0.497 e. The van der Waals surface area contributed by atoms with E-state index in [4.69, 9.17) is 4.74 Å². The number of benzene rings is 2. The molecule has 9 heteroatoms. The van der Waals surface area contributed by atoms with Crippen molar-refractivity contribution in [3.8, 4) is 17.1 Å². The van der Waals surface area contributed by atoms with Gasteiger partial charge in [0.15, 0.2) is 5.82 Å². The van der Waals surface area contributed by atoms with Crippen LogP contribution in [0.1, 0.15) is 16.8 Å². The lowest BCUT2D eigenvalue weighted by Crippen LogP contribution is -2.27. The van der Waals surface area contributed by atoms with E-state index in [0.29, 0.717) is 17.1 Å². The third-order valence-electron chi connectivity index (χ3n) is 4.80. The maximum atomic E-state index is 12.7. The summed E-state index contributed by atoms with van der Waals surface area (Å²) in [4.78, 5) is 5.67. The van der Waals surface area contributed by atoms with Gasteiger partial charge >= 0.3 is 0 Å². The van der Waals surface area contributed by atoms with Gasteiger partial charge in [0.25, 0.3) is 0 Å². The van der Waals surface area contributed by atoms with Gasteiger partial charge in [0, 0.05) is 23.9 Å². The van der Waals surface area contributed by atoms with E-state index in [1.54, 1.807) is 24.6 Å². The van der Waals surface area contributed by atoms with Gasteiger partial charge in [-0.1, -0.05) is 12.1 Å². The molecule has 4 aromatic rings. The Morgan fingerprint density at radius 2 is 1.90 bits per heavy atom. The molecule has 0 aliphatic heterocycles. The number of methoxy groups -OCH3 is 1. The summed E-state index contributed by atoms with van der Waals surface area (Å²) in [5.74, 6) is 1.40. The quantitative estimate of drug-likeness (QED) is 0.473. The number of nitrogens with one attached hydrogen (secondary N) is 1. The van der Waals surface area contributed by atoms with Crippen molar-refractivity contribution in [2.75, 3.05) is 13.7 Å². The van der Waals surface area contributed by atoms with Crippen LogP contribution in [0.4, 0.5) is 0 Å². The number of aryl methyl sites for hydroxylation is 2. The molecular formula is C21H22N4O3S2. The summed E-state index contributed by atoms with van der Waals surface area (Å²) in [7, 11) is -1.94. The predicted molar refractivity (Wildman–Crippen MR) is 118 cm³/mol. The first-order valence-electron chi connectivity index (χ1n) is 9.42. The van der Waals surface area contributed by atoms with Crippen molar-refractivity contribution in [1.29, 1.82) is 0 Å². The lowest BCUT2D eigenvalue weighted by atomic mass is 10.2. The molecular weight excluding hydrogens is 420 g/mol. The lowest BCUT2D eigenvalue weighted by Gasteiger charge is -2.10. The molecule has 0 fully saturated rings. The molecule has 30 heavy (non-hydrogen) atoms. The zero-order valence-corrected chi connectivity index (χ0v) is 18.5. The first-order chi connectivity index (χ1) is 14.4. The Morgan fingerprint density at radius 1 is 1.13 bits per heavy atom. The van der Waals surface area contributed by atoms with Gasteiger partial charge in [0.1, 0.15) is 5.75 Å². The number of fused-ring (bicyclic) bond motifs is 1. The Balaban J connectivity index is 1.49. The second-order valence-corrected chi connectivity index (χ2v) is 9.57. The number of ether oxygens (including phenoxy) is 1. The molecule has 7 nitrogen and oxygen atoms in total.